The molecule has 2 aromatic carbocycles. The monoisotopic (exact) mass is 282 g/mol. The molecule has 1 N–H and O–H groups in total. The van der Waals surface area contributed by atoms with E-state index in [1.165, 1.54) is 7.11 Å². The van der Waals surface area contributed by atoms with Gasteiger partial charge in [0.05, 0.1) is 7.11 Å². The highest BCUT2D eigenvalue weighted by atomic mass is 16.5. The van der Waals surface area contributed by atoms with Crippen molar-refractivity contribution in [2.75, 3.05) is 13.7 Å². The van der Waals surface area contributed by atoms with Gasteiger partial charge in [-0.2, -0.15) is 0 Å². The molecule has 0 aromatic heterocycles. The number of benzene rings is 2. The molecule has 0 fully saturated rings. The lowest BCUT2D eigenvalue weighted by molar-refractivity contribution is -0.107. The Hall–Kier alpha value is -2.39. The standard InChI is InChI=1S/C18H18O3/c1-21-18(13-20)9-8-15(10-11-19)17-7-6-14-4-2-3-5-16(14)12-17/h2-9,11-12,20H,10,13H2,1H3/b15-8+,18-9+. The molecule has 0 unspecified atom stereocenters. The van der Waals surface area contributed by atoms with Crippen LogP contribution < -0.4 is 0 Å². The van der Waals surface area contributed by atoms with Gasteiger partial charge in [0.25, 0.3) is 0 Å². The highest BCUT2D eigenvalue weighted by molar-refractivity contribution is 5.88. The van der Waals surface area contributed by atoms with E-state index in [0.717, 1.165) is 28.2 Å². The molecule has 0 amide bonds. The number of fused-ring (bicyclic) bond motifs is 1. The van der Waals surface area contributed by atoms with Gasteiger partial charge in [-0.15, -0.1) is 0 Å². The van der Waals surface area contributed by atoms with Gasteiger partial charge in [0.2, 0.25) is 0 Å². The molecule has 0 heterocycles. The molecule has 0 radical (unpaired) electrons. The van der Waals surface area contributed by atoms with E-state index in [4.69, 9.17) is 9.84 Å². The average molecular weight is 282 g/mol. The Morgan fingerprint density at radius 2 is 1.90 bits per heavy atom. The number of carbonyl (C=O) groups excluding carboxylic acids is 1. The topological polar surface area (TPSA) is 46.5 Å². The van der Waals surface area contributed by atoms with Crippen molar-refractivity contribution in [3.8, 4) is 0 Å². The number of hydrogen-bond acceptors (Lipinski definition) is 3. The number of carbonyl (C=O) groups is 1. The van der Waals surface area contributed by atoms with Crippen molar-refractivity contribution in [1.82, 2.24) is 0 Å². The average Bonchev–Trinajstić information content (AvgIpc) is 2.54. The largest absolute Gasteiger partial charge is 0.499 e. The molecule has 0 aliphatic carbocycles. The van der Waals surface area contributed by atoms with Crippen molar-refractivity contribution in [1.29, 1.82) is 0 Å². The molecule has 0 bridgehead atoms. The van der Waals surface area contributed by atoms with Crippen LogP contribution in [-0.4, -0.2) is 25.1 Å². The molecule has 2 aromatic rings. The van der Waals surface area contributed by atoms with E-state index in [0.29, 0.717) is 12.2 Å². The van der Waals surface area contributed by atoms with Crippen molar-refractivity contribution >= 4 is 22.6 Å². The first-order valence-corrected chi connectivity index (χ1v) is 6.76. The highest BCUT2D eigenvalue weighted by Gasteiger charge is 2.02. The molecule has 0 atom stereocenters. The normalized spacial score (nSPS) is 12.5. The van der Waals surface area contributed by atoms with Crippen LogP contribution in [0.4, 0.5) is 0 Å². The number of hydrogen-bond donors (Lipinski definition) is 1. The molecule has 2 rings (SSSR count). The summed E-state index contributed by atoms with van der Waals surface area (Å²) in [6.45, 7) is -0.168. The minimum atomic E-state index is -0.168. The molecule has 0 spiro atoms. The summed E-state index contributed by atoms with van der Waals surface area (Å²) in [7, 11) is 1.51. The van der Waals surface area contributed by atoms with E-state index in [2.05, 4.69) is 12.1 Å². The van der Waals surface area contributed by atoms with Crippen molar-refractivity contribution < 1.29 is 14.6 Å². The van der Waals surface area contributed by atoms with Gasteiger partial charge in [0.15, 0.2) is 0 Å². The van der Waals surface area contributed by atoms with Gasteiger partial charge in [0, 0.05) is 6.42 Å². The van der Waals surface area contributed by atoms with Crippen molar-refractivity contribution in [3.63, 3.8) is 0 Å². The van der Waals surface area contributed by atoms with E-state index in [9.17, 15) is 4.79 Å². The summed E-state index contributed by atoms with van der Waals surface area (Å²) in [6.07, 6.45) is 4.69. The molecule has 3 heteroatoms. The number of rotatable bonds is 6. The first-order chi connectivity index (χ1) is 10.3. The predicted octanol–water partition coefficient (Wildman–Crippen LogP) is 3.33. The molecular formula is C18H18O3. The molecule has 0 aliphatic heterocycles. The Morgan fingerprint density at radius 3 is 2.57 bits per heavy atom. The number of aliphatic hydroxyl groups excluding tert-OH is 1. The Morgan fingerprint density at radius 1 is 1.14 bits per heavy atom. The molecule has 0 saturated heterocycles. The minimum Gasteiger partial charge on any atom is -0.499 e. The SMILES string of the molecule is CO/C(=C/C=C(\CC=O)c1ccc2ccccc2c1)CO. The van der Waals surface area contributed by atoms with Gasteiger partial charge < -0.3 is 14.6 Å². The Balaban J connectivity index is 2.42. The van der Waals surface area contributed by atoms with Crippen LogP contribution in [0.1, 0.15) is 12.0 Å². The summed E-state index contributed by atoms with van der Waals surface area (Å²) >= 11 is 0. The van der Waals surface area contributed by atoms with Crippen molar-refractivity contribution in [3.05, 3.63) is 65.9 Å². The maximum absolute atomic E-state index is 10.9. The smallest absolute Gasteiger partial charge is 0.124 e. The van der Waals surface area contributed by atoms with Crippen LogP contribution in [0, 0.1) is 0 Å². The summed E-state index contributed by atoms with van der Waals surface area (Å²) in [6, 6.07) is 14.2. The van der Waals surface area contributed by atoms with E-state index in [1.54, 1.807) is 6.08 Å². The third kappa shape index (κ3) is 3.80. The molecule has 21 heavy (non-hydrogen) atoms. The zero-order valence-electron chi connectivity index (χ0n) is 12.0. The third-order valence-corrected chi connectivity index (χ3v) is 3.31. The third-order valence-electron chi connectivity index (χ3n) is 3.31. The quantitative estimate of drug-likeness (QED) is 0.502. The van der Waals surface area contributed by atoms with Crippen LogP contribution >= 0.6 is 0 Å². The fraction of sp³-hybridized carbons (Fsp3) is 0.167. The van der Waals surface area contributed by atoms with E-state index in [1.807, 2.05) is 36.4 Å². The summed E-state index contributed by atoms with van der Waals surface area (Å²) in [5.74, 6) is 0.458. The van der Waals surface area contributed by atoms with Gasteiger partial charge in [-0.05, 0) is 34.1 Å². The zero-order chi connectivity index (χ0) is 15.1. The van der Waals surface area contributed by atoms with Crippen LogP contribution in [0.3, 0.4) is 0 Å². The van der Waals surface area contributed by atoms with Gasteiger partial charge in [-0.3, -0.25) is 0 Å². The summed E-state index contributed by atoms with van der Waals surface area (Å²) < 4.78 is 5.01. The Kier molecular flexibility index (Phi) is 5.29. The van der Waals surface area contributed by atoms with Crippen LogP contribution in [0.2, 0.25) is 0 Å². The second-order valence-corrected chi connectivity index (χ2v) is 4.62. The maximum Gasteiger partial charge on any atom is 0.124 e. The lowest BCUT2D eigenvalue weighted by Gasteiger charge is -2.06. The van der Waals surface area contributed by atoms with Gasteiger partial charge in [-0.25, -0.2) is 0 Å². The van der Waals surface area contributed by atoms with E-state index >= 15 is 0 Å². The molecular weight excluding hydrogens is 264 g/mol. The molecule has 0 aliphatic rings. The molecule has 3 nitrogen and oxygen atoms in total. The fourth-order valence-electron chi connectivity index (χ4n) is 2.14. The van der Waals surface area contributed by atoms with E-state index < -0.39 is 0 Å². The second-order valence-electron chi connectivity index (χ2n) is 4.62. The fourth-order valence-corrected chi connectivity index (χ4v) is 2.14. The van der Waals surface area contributed by atoms with Gasteiger partial charge in [-0.1, -0.05) is 42.5 Å². The minimum absolute atomic E-state index is 0.168. The maximum atomic E-state index is 10.9. The number of ether oxygens (including phenoxy) is 1. The first kappa shape index (κ1) is 15.0. The van der Waals surface area contributed by atoms with Gasteiger partial charge in [0.1, 0.15) is 18.7 Å². The summed E-state index contributed by atoms with van der Waals surface area (Å²) in [4.78, 5) is 10.9. The second kappa shape index (κ2) is 7.41. The lowest BCUT2D eigenvalue weighted by Crippen LogP contribution is -1.92. The highest BCUT2D eigenvalue weighted by Crippen LogP contribution is 2.23. The Bertz CT molecular complexity index is 678. The van der Waals surface area contributed by atoms with E-state index in [-0.39, 0.29) is 6.61 Å². The van der Waals surface area contributed by atoms with Crippen molar-refractivity contribution in [2.45, 2.75) is 6.42 Å². The summed E-state index contributed by atoms with van der Waals surface area (Å²) in [5.41, 5.74) is 1.88. The van der Waals surface area contributed by atoms with Crippen LogP contribution in [-0.2, 0) is 9.53 Å². The number of methoxy groups -OCH3 is 1. The van der Waals surface area contributed by atoms with Crippen LogP contribution in [0.5, 0.6) is 0 Å². The Labute approximate surface area is 124 Å². The predicted molar refractivity (Wildman–Crippen MR) is 84.8 cm³/mol. The number of allylic oxidation sites excluding steroid dienone is 3. The van der Waals surface area contributed by atoms with Gasteiger partial charge >= 0.3 is 0 Å². The molecule has 0 saturated carbocycles. The van der Waals surface area contributed by atoms with Crippen molar-refractivity contribution in [2.24, 2.45) is 0 Å². The number of aliphatic hydroxyl groups is 1. The molecule has 108 valence electrons. The lowest BCUT2D eigenvalue weighted by atomic mass is 9.99. The zero-order valence-corrected chi connectivity index (χ0v) is 12.0. The summed E-state index contributed by atoms with van der Waals surface area (Å²) in [5, 5.41) is 11.4. The first-order valence-electron chi connectivity index (χ1n) is 6.76. The van der Waals surface area contributed by atoms with Crippen LogP contribution in [0.15, 0.2) is 60.4 Å². The number of aldehydes is 1. The van der Waals surface area contributed by atoms with Crippen LogP contribution in [0.25, 0.3) is 16.3 Å².